The largest absolute Gasteiger partial charge is 0.444 e. The number of halogens is 4. The fourth-order valence-corrected chi connectivity index (χ4v) is 4.57. The van der Waals surface area contributed by atoms with Gasteiger partial charge in [0, 0.05) is 0 Å². The van der Waals surface area contributed by atoms with Crippen LogP contribution in [0.25, 0.3) is 0 Å². The third kappa shape index (κ3) is 8.60. The smallest absolute Gasteiger partial charge is 0.417 e. The molecule has 0 spiro atoms. The summed E-state index contributed by atoms with van der Waals surface area (Å²) in [7, 11) is 0. The lowest BCUT2D eigenvalue weighted by Gasteiger charge is -2.36. The first-order chi connectivity index (χ1) is 16.8. The number of rotatable bonds is 5. The van der Waals surface area contributed by atoms with E-state index in [9.17, 15) is 28.0 Å². The molecule has 1 N–H and O–H groups in total. The van der Waals surface area contributed by atoms with Crippen LogP contribution in [-0.4, -0.2) is 34.4 Å². The first-order valence-corrected chi connectivity index (χ1v) is 12.7. The number of amides is 2. The molecule has 1 aromatic heterocycles. The Bertz CT molecular complexity index is 1170. The Balaban J connectivity index is 2.67. The normalized spacial score (nSPS) is 13.8. The zero-order chi connectivity index (χ0) is 28.3. The molecule has 0 aliphatic heterocycles. The summed E-state index contributed by atoms with van der Waals surface area (Å²) in [4.78, 5) is 31.4. The molecule has 0 bridgehead atoms. The van der Waals surface area contributed by atoms with Gasteiger partial charge >= 0.3 is 18.4 Å². The first-order valence-electron chi connectivity index (χ1n) is 11.1. The van der Waals surface area contributed by atoms with E-state index >= 15 is 0 Å². The van der Waals surface area contributed by atoms with Crippen LogP contribution in [-0.2, 0) is 15.7 Å². The number of thiazole rings is 1. The van der Waals surface area contributed by atoms with Crippen LogP contribution in [0.15, 0.2) is 28.1 Å². The van der Waals surface area contributed by atoms with Gasteiger partial charge in [-0.3, -0.25) is 0 Å². The third-order valence-electron chi connectivity index (χ3n) is 4.55. The molecule has 0 saturated carbocycles. The standard InChI is InChI=1S/C24H28BrF3N4O4S/c1-13(30-20(33)35-22(2,3)4)17(14-8-10-15(11-9-14)24(26,27)28)32(21(34)36-23(5,6)7)19-31-16(12-29)18(25)37-19/h8-11,13,17H,1-7H3,(H,30,33). The van der Waals surface area contributed by atoms with Gasteiger partial charge in [0.05, 0.1) is 17.6 Å². The summed E-state index contributed by atoms with van der Waals surface area (Å²) in [6.07, 6.45) is -6.23. The van der Waals surface area contributed by atoms with E-state index in [0.717, 1.165) is 28.4 Å². The maximum absolute atomic E-state index is 13.5. The van der Waals surface area contributed by atoms with E-state index in [1.165, 1.54) is 12.1 Å². The van der Waals surface area contributed by atoms with Crippen LogP contribution in [0.1, 0.15) is 71.3 Å². The molecule has 0 radical (unpaired) electrons. The highest BCUT2D eigenvalue weighted by molar-refractivity contribution is 9.11. The maximum atomic E-state index is 13.5. The van der Waals surface area contributed by atoms with E-state index in [1.54, 1.807) is 48.5 Å². The molecular formula is C24H28BrF3N4O4S. The van der Waals surface area contributed by atoms with Crippen LogP contribution in [0.3, 0.4) is 0 Å². The van der Waals surface area contributed by atoms with Crippen molar-refractivity contribution in [2.45, 2.75) is 77.9 Å². The molecule has 0 saturated heterocycles. The zero-order valence-corrected chi connectivity index (χ0v) is 23.8. The van der Waals surface area contributed by atoms with Crippen molar-refractivity contribution >= 4 is 44.6 Å². The molecule has 202 valence electrons. The van der Waals surface area contributed by atoms with E-state index in [4.69, 9.17) is 9.47 Å². The van der Waals surface area contributed by atoms with Crippen molar-refractivity contribution in [3.05, 3.63) is 44.9 Å². The number of benzene rings is 1. The summed E-state index contributed by atoms with van der Waals surface area (Å²) in [5.74, 6) is 0. The SMILES string of the molecule is CC(NC(=O)OC(C)(C)C)C(c1ccc(C(F)(F)F)cc1)N(C(=O)OC(C)(C)C)c1nc(C#N)c(Br)s1. The first kappa shape index (κ1) is 30.4. The number of aromatic nitrogens is 1. The lowest BCUT2D eigenvalue weighted by molar-refractivity contribution is -0.137. The molecule has 0 fully saturated rings. The van der Waals surface area contributed by atoms with Gasteiger partial charge in [0.2, 0.25) is 0 Å². The molecule has 2 rings (SSSR count). The van der Waals surface area contributed by atoms with Crippen LogP contribution in [0.2, 0.25) is 0 Å². The Hall–Kier alpha value is -2.85. The topological polar surface area (TPSA) is 105 Å². The fourth-order valence-electron chi connectivity index (χ4n) is 3.19. The Kier molecular flexibility index (Phi) is 9.25. The summed E-state index contributed by atoms with van der Waals surface area (Å²) >= 11 is 4.21. The average molecular weight is 605 g/mol. The molecule has 37 heavy (non-hydrogen) atoms. The predicted molar refractivity (Wildman–Crippen MR) is 136 cm³/mol. The summed E-state index contributed by atoms with van der Waals surface area (Å²) < 4.78 is 50.9. The molecule has 0 aliphatic carbocycles. The van der Waals surface area contributed by atoms with Gasteiger partial charge in [-0.15, -0.1) is 0 Å². The summed E-state index contributed by atoms with van der Waals surface area (Å²) in [6, 6.07) is 4.12. The number of alkyl halides is 3. The van der Waals surface area contributed by atoms with E-state index in [0.29, 0.717) is 3.79 Å². The minimum atomic E-state index is -4.57. The number of anilines is 1. The molecule has 2 unspecified atom stereocenters. The van der Waals surface area contributed by atoms with Crippen LogP contribution in [0.4, 0.5) is 27.9 Å². The number of carbonyl (C=O) groups excluding carboxylic acids is 2. The van der Waals surface area contributed by atoms with Gasteiger partial charge in [0.1, 0.15) is 21.1 Å². The number of hydrogen-bond acceptors (Lipinski definition) is 7. The molecule has 2 atom stereocenters. The fraction of sp³-hybridized carbons (Fsp3) is 0.500. The lowest BCUT2D eigenvalue weighted by Crippen LogP contribution is -2.49. The van der Waals surface area contributed by atoms with Gasteiger partial charge in [-0.05, 0) is 82.1 Å². The third-order valence-corrected chi connectivity index (χ3v) is 6.26. The Morgan fingerprint density at radius 1 is 1.08 bits per heavy atom. The number of nitrogens with zero attached hydrogens (tertiary/aromatic N) is 3. The van der Waals surface area contributed by atoms with Crippen molar-refractivity contribution in [3.63, 3.8) is 0 Å². The second-order valence-corrected chi connectivity index (χ2v) is 12.4. The number of hydrogen-bond donors (Lipinski definition) is 1. The van der Waals surface area contributed by atoms with E-state index in [-0.39, 0.29) is 16.4 Å². The number of carbonyl (C=O) groups is 2. The average Bonchev–Trinajstić information content (AvgIpc) is 3.08. The van der Waals surface area contributed by atoms with Gasteiger partial charge in [0.25, 0.3) is 0 Å². The number of nitriles is 1. The Labute approximate surface area is 225 Å². The van der Waals surface area contributed by atoms with E-state index < -0.39 is 47.2 Å². The van der Waals surface area contributed by atoms with E-state index in [1.807, 2.05) is 6.07 Å². The van der Waals surface area contributed by atoms with Gasteiger partial charge < -0.3 is 14.8 Å². The van der Waals surface area contributed by atoms with Crippen molar-refractivity contribution in [3.8, 4) is 6.07 Å². The van der Waals surface area contributed by atoms with Gasteiger partial charge in [-0.25, -0.2) is 19.5 Å². The minimum absolute atomic E-state index is 0.00693. The molecule has 13 heteroatoms. The van der Waals surface area contributed by atoms with Crippen molar-refractivity contribution in [2.75, 3.05) is 4.90 Å². The number of nitrogens with one attached hydrogen (secondary N) is 1. The summed E-state index contributed by atoms with van der Waals surface area (Å²) in [6.45, 7) is 11.5. The van der Waals surface area contributed by atoms with Gasteiger partial charge in [0.15, 0.2) is 10.8 Å². The van der Waals surface area contributed by atoms with Crippen LogP contribution in [0, 0.1) is 11.3 Å². The van der Waals surface area contributed by atoms with Crippen molar-refractivity contribution in [1.29, 1.82) is 5.26 Å². The minimum Gasteiger partial charge on any atom is -0.444 e. The molecule has 1 heterocycles. The highest BCUT2D eigenvalue weighted by Crippen LogP contribution is 2.39. The van der Waals surface area contributed by atoms with Crippen LogP contribution < -0.4 is 10.2 Å². The number of ether oxygens (including phenoxy) is 2. The van der Waals surface area contributed by atoms with Gasteiger partial charge in [-0.2, -0.15) is 18.4 Å². The zero-order valence-electron chi connectivity index (χ0n) is 21.4. The summed E-state index contributed by atoms with van der Waals surface area (Å²) in [5.41, 5.74) is -2.37. The van der Waals surface area contributed by atoms with Crippen molar-refractivity contribution < 1.29 is 32.2 Å². The second kappa shape index (κ2) is 11.3. The highest BCUT2D eigenvalue weighted by atomic mass is 79.9. The van der Waals surface area contributed by atoms with Gasteiger partial charge in [-0.1, -0.05) is 23.5 Å². The van der Waals surface area contributed by atoms with Crippen LogP contribution in [0.5, 0.6) is 0 Å². The van der Waals surface area contributed by atoms with Crippen molar-refractivity contribution in [2.24, 2.45) is 0 Å². The predicted octanol–water partition coefficient (Wildman–Crippen LogP) is 7.19. The molecule has 0 aliphatic rings. The highest BCUT2D eigenvalue weighted by Gasteiger charge is 2.38. The molecule has 2 aromatic rings. The molecule has 1 aromatic carbocycles. The van der Waals surface area contributed by atoms with Crippen molar-refractivity contribution in [1.82, 2.24) is 10.3 Å². The van der Waals surface area contributed by atoms with E-state index in [2.05, 4.69) is 26.2 Å². The Morgan fingerprint density at radius 3 is 2.05 bits per heavy atom. The molecule has 2 amide bonds. The lowest BCUT2D eigenvalue weighted by atomic mass is 9.97. The maximum Gasteiger partial charge on any atom is 0.417 e. The van der Waals surface area contributed by atoms with Crippen LogP contribution >= 0.6 is 27.3 Å². The number of alkyl carbamates (subject to hydrolysis) is 1. The second-order valence-electron chi connectivity index (χ2n) is 10.1. The molecule has 8 nitrogen and oxygen atoms in total. The quantitative estimate of drug-likeness (QED) is 0.387. The monoisotopic (exact) mass is 604 g/mol. The Morgan fingerprint density at radius 2 is 1.62 bits per heavy atom. The molecular weight excluding hydrogens is 577 g/mol. The summed E-state index contributed by atoms with van der Waals surface area (Å²) in [5, 5.41) is 12.1.